The first-order valence-electron chi connectivity index (χ1n) is 6.80. The zero-order chi connectivity index (χ0) is 13.2. The van der Waals surface area contributed by atoms with Gasteiger partial charge in [-0.1, -0.05) is 36.4 Å². The Bertz CT molecular complexity index is 573. The number of halogens is 1. The van der Waals surface area contributed by atoms with Crippen LogP contribution in [0.1, 0.15) is 29.9 Å². The third-order valence-corrected chi connectivity index (χ3v) is 4.94. The summed E-state index contributed by atoms with van der Waals surface area (Å²) >= 11 is 2.39. The zero-order valence-electron chi connectivity index (χ0n) is 11.1. The normalized spacial score (nSPS) is 21.8. The Morgan fingerprint density at radius 2 is 1.68 bits per heavy atom. The van der Waals surface area contributed by atoms with Gasteiger partial charge < -0.3 is 5.32 Å². The Balaban J connectivity index is 1.62. The van der Waals surface area contributed by atoms with Crippen LogP contribution in [0, 0.1) is 10.5 Å². The van der Waals surface area contributed by atoms with Crippen molar-refractivity contribution in [1.29, 1.82) is 0 Å². The van der Waals surface area contributed by atoms with Crippen LogP contribution in [0.2, 0.25) is 0 Å². The van der Waals surface area contributed by atoms with E-state index in [1.165, 1.54) is 33.2 Å². The summed E-state index contributed by atoms with van der Waals surface area (Å²) in [4.78, 5) is 0. The van der Waals surface area contributed by atoms with Crippen molar-refractivity contribution in [3.05, 3.63) is 63.2 Å². The standard InChI is InChI=1S/C17H18IN/c1-12-6-2-3-7-15(12)13-10-14(11-13)19-17-9-5-4-8-16(17)18/h2-9,13-14,19H,10-11H2,1H3. The third-order valence-electron chi connectivity index (χ3n) is 4.00. The van der Waals surface area contributed by atoms with E-state index in [9.17, 15) is 0 Å². The first-order chi connectivity index (χ1) is 9.24. The predicted molar refractivity (Wildman–Crippen MR) is 89.7 cm³/mol. The van der Waals surface area contributed by atoms with Gasteiger partial charge in [-0.05, 0) is 71.5 Å². The van der Waals surface area contributed by atoms with Crippen LogP contribution in [0.15, 0.2) is 48.5 Å². The summed E-state index contributed by atoms with van der Waals surface area (Å²) in [6, 6.07) is 17.9. The van der Waals surface area contributed by atoms with E-state index in [1.807, 2.05) is 0 Å². The third kappa shape index (κ3) is 2.78. The van der Waals surface area contributed by atoms with E-state index < -0.39 is 0 Å². The van der Waals surface area contributed by atoms with E-state index in [0.29, 0.717) is 6.04 Å². The van der Waals surface area contributed by atoms with Crippen LogP contribution < -0.4 is 5.32 Å². The average Bonchev–Trinajstić information content (AvgIpc) is 2.37. The molecule has 1 aliphatic carbocycles. The fourth-order valence-corrected chi connectivity index (χ4v) is 3.38. The molecule has 0 bridgehead atoms. The van der Waals surface area contributed by atoms with Crippen molar-refractivity contribution in [3.63, 3.8) is 0 Å². The first kappa shape index (κ1) is 13.0. The highest BCUT2D eigenvalue weighted by molar-refractivity contribution is 14.1. The van der Waals surface area contributed by atoms with E-state index in [-0.39, 0.29) is 0 Å². The molecule has 0 amide bonds. The topological polar surface area (TPSA) is 12.0 Å². The van der Waals surface area contributed by atoms with Crippen LogP contribution in [0.4, 0.5) is 5.69 Å². The fraction of sp³-hybridized carbons (Fsp3) is 0.294. The Hall–Kier alpha value is -1.03. The van der Waals surface area contributed by atoms with E-state index in [2.05, 4.69) is 83.4 Å². The largest absolute Gasteiger partial charge is 0.381 e. The van der Waals surface area contributed by atoms with E-state index >= 15 is 0 Å². The van der Waals surface area contributed by atoms with Gasteiger partial charge in [-0.15, -0.1) is 0 Å². The summed E-state index contributed by atoms with van der Waals surface area (Å²) < 4.78 is 1.31. The Morgan fingerprint density at radius 1 is 1.00 bits per heavy atom. The molecular weight excluding hydrogens is 345 g/mol. The Morgan fingerprint density at radius 3 is 2.42 bits per heavy atom. The lowest BCUT2D eigenvalue weighted by Gasteiger charge is -2.37. The number of hydrogen-bond donors (Lipinski definition) is 1. The van der Waals surface area contributed by atoms with Gasteiger partial charge in [-0.3, -0.25) is 0 Å². The Labute approximate surface area is 128 Å². The van der Waals surface area contributed by atoms with Gasteiger partial charge in [0.2, 0.25) is 0 Å². The van der Waals surface area contributed by atoms with Crippen molar-refractivity contribution in [3.8, 4) is 0 Å². The molecule has 0 unspecified atom stereocenters. The zero-order valence-corrected chi connectivity index (χ0v) is 13.2. The average molecular weight is 363 g/mol. The molecule has 3 rings (SSSR count). The van der Waals surface area contributed by atoms with Gasteiger partial charge in [0.25, 0.3) is 0 Å². The van der Waals surface area contributed by atoms with Crippen LogP contribution in [-0.4, -0.2) is 6.04 Å². The second-order valence-corrected chi connectivity index (χ2v) is 6.51. The molecule has 1 N–H and O–H groups in total. The molecule has 2 heteroatoms. The van der Waals surface area contributed by atoms with E-state index in [1.54, 1.807) is 0 Å². The lowest BCUT2D eigenvalue weighted by molar-refractivity contribution is 0.373. The molecule has 1 fully saturated rings. The highest BCUT2D eigenvalue weighted by Gasteiger charge is 2.31. The molecule has 0 radical (unpaired) electrons. The second kappa shape index (κ2) is 5.53. The van der Waals surface area contributed by atoms with E-state index in [4.69, 9.17) is 0 Å². The maximum absolute atomic E-state index is 3.66. The molecule has 0 spiro atoms. The molecule has 0 saturated heterocycles. The quantitative estimate of drug-likeness (QED) is 0.761. The summed E-state index contributed by atoms with van der Waals surface area (Å²) in [5.74, 6) is 0.736. The van der Waals surface area contributed by atoms with Gasteiger partial charge in [0, 0.05) is 15.3 Å². The minimum absolute atomic E-state index is 0.625. The number of rotatable bonds is 3. The Kier molecular flexibility index (Phi) is 3.78. The van der Waals surface area contributed by atoms with Crippen LogP contribution in [-0.2, 0) is 0 Å². The highest BCUT2D eigenvalue weighted by Crippen LogP contribution is 2.40. The highest BCUT2D eigenvalue weighted by atomic mass is 127. The number of anilines is 1. The number of benzene rings is 2. The lowest BCUT2D eigenvalue weighted by Crippen LogP contribution is -2.34. The maximum Gasteiger partial charge on any atom is 0.0478 e. The van der Waals surface area contributed by atoms with Crippen LogP contribution in [0.3, 0.4) is 0 Å². The summed E-state index contributed by atoms with van der Waals surface area (Å²) in [6.45, 7) is 2.22. The van der Waals surface area contributed by atoms with Crippen LogP contribution in [0.25, 0.3) is 0 Å². The number of aryl methyl sites for hydroxylation is 1. The van der Waals surface area contributed by atoms with Crippen molar-refractivity contribution in [2.24, 2.45) is 0 Å². The molecule has 0 aliphatic heterocycles. The SMILES string of the molecule is Cc1ccccc1C1CC(Nc2ccccc2I)C1. The van der Waals surface area contributed by atoms with Gasteiger partial charge in [0.1, 0.15) is 0 Å². The number of nitrogens with one attached hydrogen (secondary N) is 1. The lowest BCUT2D eigenvalue weighted by atomic mass is 9.74. The van der Waals surface area contributed by atoms with Gasteiger partial charge in [-0.25, -0.2) is 0 Å². The fourth-order valence-electron chi connectivity index (χ4n) is 2.83. The maximum atomic E-state index is 3.66. The minimum Gasteiger partial charge on any atom is -0.381 e. The summed E-state index contributed by atoms with van der Waals surface area (Å²) in [6.07, 6.45) is 2.49. The molecule has 19 heavy (non-hydrogen) atoms. The predicted octanol–water partition coefficient (Wildman–Crippen LogP) is 4.96. The molecule has 1 saturated carbocycles. The van der Waals surface area contributed by atoms with Crippen molar-refractivity contribution in [1.82, 2.24) is 0 Å². The molecule has 98 valence electrons. The molecule has 1 nitrogen and oxygen atoms in total. The number of hydrogen-bond acceptors (Lipinski definition) is 1. The number of para-hydroxylation sites is 1. The monoisotopic (exact) mass is 363 g/mol. The molecular formula is C17H18IN. The van der Waals surface area contributed by atoms with Crippen molar-refractivity contribution < 1.29 is 0 Å². The van der Waals surface area contributed by atoms with Crippen molar-refractivity contribution in [2.45, 2.75) is 31.7 Å². The van der Waals surface area contributed by atoms with Crippen molar-refractivity contribution >= 4 is 28.3 Å². The van der Waals surface area contributed by atoms with Crippen molar-refractivity contribution in [2.75, 3.05) is 5.32 Å². The first-order valence-corrected chi connectivity index (χ1v) is 7.88. The van der Waals surface area contributed by atoms with Crippen LogP contribution in [0.5, 0.6) is 0 Å². The summed E-state index contributed by atoms with van der Waals surface area (Å²) in [5, 5.41) is 3.66. The molecule has 1 aliphatic rings. The van der Waals surface area contributed by atoms with Gasteiger partial charge in [0.05, 0.1) is 0 Å². The molecule has 2 aromatic carbocycles. The molecule has 0 aromatic heterocycles. The molecule has 0 atom stereocenters. The van der Waals surface area contributed by atoms with Gasteiger partial charge >= 0.3 is 0 Å². The molecule has 2 aromatic rings. The van der Waals surface area contributed by atoms with Gasteiger partial charge in [0.15, 0.2) is 0 Å². The second-order valence-electron chi connectivity index (χ2n) is 5.35. The summed E-state index contributed by atoms with van der Waals surface area (Å²) in [5.41, 5.74) is 4.24. The van der Waals surface area contributed by atoms with E-state index in [0.717, 1.165) is 5.92 Å². The summed E-state index contributed by atoms with van der Waals surface area (Å²) in [7, 11) is 0. The van der Waals surface area contributed by atoms with Crippen LogP contribution >= 0.6 is 22.6 Å². The van der Waals surface area contributed by atoms with Gasteiger partial charge in [-0.2, -0.15) is 0 Å². The smallest absolute Gasteiger partial charge is 0.0478 e. The molecule has 0 heterocycles. The minimum atomic E-state index is 0.625.